The first-order valence-electron chi connectivity index (χ1n) is 16.6. The average molecular weight is 642 g/mol. The second-order valence-electron chi connectivity index (χ2n) is 12.5. The van der Waals surface area contributed by atoms with E-state index in [0.717, 1.165) is 71.7 Å². The molecule has 0 amide bonds. The molecule has 0 bridgehead atoms. The lowest BCUT2D eigenvalue weighted by molar-refractivity contribution is 0.631. The third kappa shape index (κ3) is 4.83. The molecule has 0 spiro atoms. The zero-order valence-electron chi connectivity index (χ0n) is 26.7. The number of benzene rings is 7. The number of fused-ring (bicyclic) bond motifs is 5. The van der Waals surface area contributed by atoms with Crippen molar-refractivity contribution in [3.63, 3.8) is 0 Å². The molecule has 10 rings (SSSR count). The van der Waals surface area contributed by atoms with Crippen LogP contribution in [-0.4, -0.2) is 15.0 Å². The van der Waals surface area contributed by atoms with Gasteiger partial charge in [-0.3, -0.25) is 0 Å². The number of hydrogen-bond donors (Lipinski definition) is 0. The molecule has 0 radical (unpaired) electrons. The van der Waals surface area contributed by atoms with Gasteiger partial charge in [0.05, 0.1) is 5.56 Å². The van der Waals surface area contributed by atoms with Crippen molar-refractivity contribution in [2.75, 3.05) is 0 Å². The van der Waals surface area contributed by atoms with Gasteiger partial charge in [-0.2, -0.15) is 0 Å². The van der Waals surface area contributed by atoms with Crippen LogP contribution in [0.5, 0.6) is 0 Å². The van der Waals surface area contributed by atoms with Crippen molar-refractivity contribution in [2.24, 2.45) is 0 Å². The van der Waals surface area contributed by atoms with Crippen LogP contribution in [0.25, 0.3) is 100 Å². The highest BCUT2D eigenvalue weighted by Gasteiger charge is 2.18. The molecular formula is C45H27N3O2. The molecular weight excluding hydrogens is 615 g/mol. The van der Waals surface area contributed by atoms with E-state index in [0.29, 0.717) is 17.5 Å². The van der Waals surface area contributed by atoms with E-state index < -0.39 is 0 Å². The van der Waals surface area contributed by atoms with Gasteiger partial charge in [-0.15, -0.1) is 0 Å². The van der Waals surface area contributed by atoms with Gasteiger partial charge in [0, 0.05) is 32.8 Å². The molecule has 3 aromatic heterocycles. The Morgan fingerprint density at radius 3 is 1.78 bits per heavy atom. The molecule has 0 aliphatic rings. The van der Waals surface area contributed by atoms with Gasteiger partial charge in [0.25, 0.3) is 0 Å². The van der Waals surface area contributed by atoms with Crippen molar-refractivity contribution in [3.8, 4) is 56.6 Å². The maximum atomic E-state index is 6.41. The third-order valence-corrected chi connectivity index (χ3v) is 9.34. The molecule has 0 unspecified atom stereocenters. The van der Waals surface area contributed by atoms with Crippen LogP contribution in [0.4, 0.5) is 0 Å². The molecule has 0 aliphatic heterocycles. The molecule has 0 saturated heterocycles. The lowest BCUT2D eigenvalue weighted by Gasteiger charge is -2.10. The van der Waals surface area contributed by atoms with E-state index in [1.807, 2.05) is 66.7 Å². The number of aromatic nitrogens is 3. The fraction of sp³-hybridized carbons (Fsp3) is 0. The van der Waals surface area contributed by atoms with Gasteiger partial charge in [-0.05, 0) is 58.3 Å². The van der Waals surface area contributed by atoms with Crippen LogP contribution in [0.2, 0.25) is 0 Å². The van der Waals surface area contributed by atoms with Crippen molar-refractivity contribution in [3.05, 3.63) is 164 Å². The van der Waals surface area contributed by atoms with E-state index in [9.17, 15) is 0 Å². The molecule has 0 saturated carbocycles. The lowest BCUT2D eigenvalue weighted by Crippen LogP contribution is -2.00. The van der Waals surface area contributed by atoms with Crippen molar-refractivity contribution >= 4 is 43.7 Å². The minimum Gasteiger partial charge on any atom is -0.456 e. The number of hydrogen-bond acceptors (Lipinski definition) is 5. The summed E-state index contributed by atoms with van der Waals surface area (Å²) in [6, 6.07) is 55.9. The Morgan fingerprint density at radius 1 is 0.340 bits per heavy atom. The molecule has 0 aliphatic carbocycles. The fourth-order valence-electron chi connectivity index (χ4n) is 6.78. The molecule has 5 heteroatoms. The largest absolute Gasteiger partial charge is 0.456 e. The lowest BCUT2D eigenvalue weighted by atomic mass is 10.00. The Labute approximate surface area is 287 Å². The smallest absolute Gasteiger partial charge is 0.167 e. The predicted molar refractivity (Wildman–Crippen MR) is 202 cm³/mol. The van der Waals surface area contributed by atoms with Crippen LogP contribution in [0.1, 0.15) is 0 Å². The van der Waals surface area contributed by atoms with Crippen LogP contribution in [0, 0.1) is 0 Å². The van der Waals surface area contributed by atoms with Crippen molar-refractivity contribution in [1.82, 2.24) is 15.0 Å². The summed E-state index contributed by atoms with van der Waals surface area (Å²) in [5.74, 6) is 2.54. The summed E-state index contributed by atoms with van der Waals surface area (Å²) in [6.45, 7) is 0. The van der Waals surface area contributed by atoms with Crippen LogP contribution in [0.3, 0.4) is 0 Å². The topological polar surface area (TPSA) is 65.0 Å². The Hall–Kier alpha value is -6.85. The zero-order chi connectivity index (χ0) is 33.0. The minimum absolute atomic E-state index is 0.551. The van der Waals surface area contributed by atoms with Crippen molar-refractivity contribution in [2.45, 2.75) is 0 Å². The molecule has 5 nitrogen and oxygen atoms in total. The summed E-state index contributed by atoms with van der Waals surface area (Å²) in [7, 11) is 0. The summed E-state index contributed by atoms with van der Waals surface area (Å²) in [6.07, 6.45) is 0. The normalized spacial score (nSPS) is 11.6. The minimum atomic E-state index is 0.551. The second-order valence-corrected chi connectivity index (χ2v) is 12.5. The first-order valence-corrected chi connectivity index (χ1v) is 16.6. The number of rotatable bonds is 5. The van der Waals surface area contributed by atoms with Crippen molar-refractivity contribution < 1.29 is 8.83 Å². The summed E-state index contributed by atoms with van der Waals surface area (Å²) < 4.78 is 12.5. The molecule has 7 aromatic carbocycles. The highest BCUT2D eigenvalue weighted by Crippen LogP contribution is 2.37. The van der Waals surface area contributed by atoms with Gasteiger partial charge < -0.3 is 8.83 Å². The van der Waals surface area contributed by atoms with E-state index in [2.05, 4.69) is 97.1 Å². The molecule has 10 aromatic rings. The molecule has 0 atom stereocenters. The van der Waals surface area contributed by atoms with Crippen molar-refractivity contribution in [1.29, 1.82) is 0 Å². The van der Waals surface area contributed by atoms with Gasteiger partial charge in [0.15, 0.2) is 17.5 Å². The number of nitrogens with zero attached hydrogens (tertiary/aromatic N) is 3. The summed E-state index contributed by atoms with van der Waals surface area (Å²) in [5.41, 5.74) is 8.40. The number of furan rings is 2. The molecule has 234 valence electrons. The maximum absolute atomic E-state index is 6.41. The highest BCUT2D eigenvalue weighted by molar-refractivity contribution is 6.09. The quantitative estimate of drug-likeness (QED) is 0.187. The van der Waals surface area contributed by atoms with E-state index in [1.54, 1.807) is 0 Å². The van der Waals surface area contributed by atoms with Gasteiger partial charge in [0.2, 0.25) is 0 Å². The van der Waals surface area contributed by atoms with Gasteiger partial charge in [0.1, 0.15) is 22.5 Å². The Balaban J connectivity index is 1.11. The molecule has 0 N–H and O–H groups in total. The van der Waals surface area contributed by atoms with Crippen LogP contribution < -0.4 is 0 Å². The van der Waals surface area contributed by atoms with Gasteiger partial charge >= 0.3 is 0 Å². The van der Waals surface area contributed by atoms with Gasteiger partial charge in [-0.25, -0.2) is 15.0 Å². The monoisotopic (exact) mass is 641 g/mol. The summed E-state index contributed by atoms with van der Waals surface area (Å²) >= 11 is 0. The SMILES string of the molecule is c1ccc(-c2ccc3cc(-c4nc(-c5ccc(-c6cc7ccccc7o6)cc5)nc(-c5cccc6c5oc5ccccc56)n4)ccc3c2)cc1. The van der Waals surface area contributed by atoms with E-state index >= 15 is 0 Å². The molecule has 50 heavy (non-hydrogen) atoms. The van der Waals surface area contributed by atoms with Crippen LogP contribution >= 0.6 is 0 Å². The van der Waals surface area contributed by atoms with E-state index in [1.165, 1.54) is 11.1 Å². The van der Waals surface area contributed by atoms with E-state index in [4.69, 9.17) is 23.8 Å². The molecule has 0 fully saturated rings. The van der Waals surface area contributed by atoms with Gasteiger partial charge in [-0.1, -0.05) is 127 Å². The summed E-state index contributed by atoms with van der Waals surface area (Å²) in [5, 5.41) is 5.42. The average Bonchev–Trinajstić information content (AvgIpc) is 3.80. The Bertz CT molecular complexity index is 2840. The maximum Gasteiger partial charge on any atom is 0.167 e. The third-order valence-electron chi connectivity index (χ3n) is 9.34. The Kier molecular flexibility index (Phi) is 6.42. The zero-order valence-corrected chi connectivity index (χ0v) is 26.7. The number of para-hydroxylation sites is 3. The van der Waals surface area contributed by atoms with Crippen LogP contribution in [0.15, 0.2) is 173 Å². The van der Waals surface area contributed by atoms with E-state index in [-0.39, 0.29) is 0 Å². The second kappa shape index (κ2) is 11.4. The van der Waals surface area contributed by atoms with Crippen LogP contribution in [-0.2, 0) is 0 Å². The first-order chi connectivity index (χ1) is 24.7. The Morgan fingerprint density at radius 2 is 0.960 bits per heavy atom. The summed E-state index contributed by atoms with van der Waals surface area (Å²) in [4.78, 5) is 15.2. The fourth-order valence-corrected chi connectivity index (χ4v) is 6.78. The molecule has 3 heterocycles. The highest BCUT2D eigenvalue weighted by atomic mass is 16.3. The standard InChI is InChI=1S/C45H27N3O2/c1-2-9-28(10-3-1)31-21-22-33-26-35(24-23-32(33)25-31)44-46-43(30-19-17-29(18-20-30)41-27-34-11-4-6-15-39(34)49-41)47-45(48-44)38-14-8-13-37-36-12-5-7-16-40(36)50-42(37)38/h1-27H. The predicted octanol–water partition coefficient (Wildman–Crippen LogP) is 12.0. The first kappa shape index (κ1) is 28.2.